The van der Waals surface area contributed by atoms with E-state index in [9.17, 15) is 13.6 Å². The van der Waals surface area contributed by atoms with Crippen LogP contribution in [0.3, 0.4) is 0 Å². The highest BCUT2D eigenvalue weighted by molar-refractivity contribution is 6.00. The third-order valence-electron chi connectivity index (χ3n) is 5.37. The van der Waals surface area contributed by atoms with E-state index in [4.69, 9.17) is 4.74 Å². The summed E-state index contributed by atoms with van der Waals surface area (Å²) in [5, 5.41) is 4.00. The van der Waals surface area contributed by atoms with E-state index < -0.39 is 17.0 Å². The Labute approximate surface area is 155 Å². The highest BCUT2D eigenvalue weighted by atomic mass is 19.1. The third kappa shape index (κ3) is 3.10. The van der Waals surface area contributed by atoms with Gasteiger partial charge in [0.05, 0.1) is 5.41 Å². The first kappa shape index (κ1) is 17.7. The zero-order valence-corrected chi connectivity index (χ0v) is 15.0. The number of nitrogens with one attached hydrogen (secondary N) is 1. The van der Waals surface area contributed by atoms with Crippen LogP contribution in [0.5, 0.6) is 0 Å². The summed E-state index contributed by atoms with van der Waals surface area (Å²) in [5.74, 6) is -1.66. The molecule has 0 unspecified atom stereocenters. The number of rotatable bonds is 3. The summed E-state index contributed by atoms with van der Waals surface area (Å²) in [6.07, 6.45) is 2.63. The molecule has 1 aromatic heterocycles. The van der Waals surface area contributed by atoms with E-state index in [1.807, 2.05) is 42.1 Å². The van der Waals surface area contributed by atoms with E-state index >= 15 is 0 Å². The minimum absolute atomic E-state index is 0.213. The fourth-order valence-electron chi connectivity index (χ4n) is 3.81. The normalized spacial score (nSPS) is 16.4. The van der Waals surface area contributed by atoms with Crippen LogP contribution in [-0.4, -0.2) is 23.7 Å². The summed E-state index contributed by atoms with van der Waals surface area (Å²) in [6.45, 7) is 0.697. The van der Waals surface area contributed by atoms with Gasteiger partial charge in [-0.1, -0.05) is 12.1 Å². The lowest BCUT2D eigenvalue weighted by Crippen LogP contribution is -2.45. The number of aryl methyl sites for hydroxylation is 1. The number of ether oxygens (including phenoxy) is 1. The van der Waals surface area contributed by atoms with Crippen molar-refractivity contribution in [2.45, 2.75) is 18.3 Å². The fourth-order valence-corrected chi connectivity index (χ4v) is 3.81. The van der Waals surface area contributed by atoms with E-state index in [-0.39, 0.29) is 11.5 Å². The molecule has 1 N–H and O–H groups in total. The molecule has 2 heterocycles. The van der Waals surface area contributed by atoms with E-state index in [1.165, 1.54) is 12.1 Å². The standard InChI is InChI=1S/C21H20F2N2O2/c1-25-9-6-14-2-4-16(13-19(14)25)24-20(26)21(7-10-27-11-8-21)17-5-3-15(22)12-18(17)23/h2-6,9,12-13H,7-8,10-11H2,1H3,(H,24,26). The summed E-state index contributed by atoms with van der Waals surface area (Å²) in [7, 11) is 1.93. The fraction of sp³-hybridized carbons (Fsp3) is 0.286. The summed E-state index contributed by atoms with van der Waals surface area (Å²) < 4.78 is 35.3. The third-order valence-corrected chi connectivity index (χ3v) is 5.37. The highest BCUT2D eigenvalue weighted by Gasteiger charge is 2.43. The van der Waals surface area contributed by atoms with Crippen LogP contribution < -0.4 is 5.32 Å². The van der Waals surface area contributed by atoms with Crippen molar-refractivity contribution in [2.75, 3.05) is 18.5 Å². The molecule has 3 aromatic rings. The second-order valence-corrected chi connectivity index (χ2v) is 6.97. The second-order valence-electron chi connectivity index (χ2n) is 6.97. The summed E-state index contributed by atoms with van der Waals surface area (Å²) in [4.78, 5) is 13.3. The molecule has 4 nitrogen and oxygen atoms in total. The predicted molar refractivity (Wildman–Crippen MR) is 99.6 cm³/mol. The average molecular weight is 370 g/mol. The van der Waals surface area contributed by atoms with Gasteiger partial charge in [0.25, 0.3) is 0 Å². The Balaban J connectivity index is 1.71. The number of benzene rings is 2. The molecule has 1 fully saturated rings. The molecule has 27 heavy (non-hydrogen) atoms. The quantitative estimate of drug-likeness (QED) is 0.753. The number of halogens is 2. The number of aromatic nitrogens is 1. The van der Waals surface area contributed by atoms with Crippen molar-refractivity contribution in [3.8, 4) is 0 Å². The van der Waals surface area contributed by atoms with Crippen LogP contribution in [0, 0.1) is 11.6 Å². The largest absolute Gasteiger partial charge is 0.381 e. The number of fused-ring (bicyclic) bond motifs is 1. The SMILES string of the molecule is Cn1ccc2ccc(NC(=O)C3(c4ccc(F)cc4F)CCOCC3)cc21. The minimum atomic E-state index is -1.08. The maximum absolute atomic E-state index is 14.5. The molecule has 1 aliphatic heterocycles. The molecular weight excluding hydrogens is 350 g/mol. The first-order valence-electron chi connectivity index (χ1n) is 8.89. The molecule has 1 aliphatic rings. The molecule has 6 heteroatoms. The number of hydrogen-bond acceptors (Lipinski definition) is 2. The zero-order valence-electron chi connectivity index (χ0n) is 15.0. The van der Waals surface area contributed by atoms with Gasteiger partial charge >= 0.3 is 0 Å². The number of carbonyl (C=O) groups excluding carboxylic acids is 1. The first-order valence-corrected chi connectivity index (χ1v) is 8.89. The van der Waals surface area contributed by atoms with Crippen LogP contribution >= 0.6 is 0 Å². The number of carbonyl (C=O) groups is 1. The summed E-state index contributed by atoms with van der Waals surface area (Å²) >= 11 is 0. The molecule has 0 radical (unpaired) electrons. The van der Waals surface area contributed by atoms with Gasteiger partial charge in [-0.25, -0.2) is 8.78 Å². The van der Waals surface area contributed by atoms with Gasteiger partial charge in [-0.05, 0) is 42.5 Å². The van der Waals surface area contributed by atoms with Crippen molar-refractivity contribution in [3.63, 3.8) is 0 Å². The van der Waals surface area contributed by atoms with E-state index in [2.05, 4.69) is 5.32 Å². The van der Waals surface area contributed by atoms with Crippen molar-refractivity contribution in [1.82, 2.24) is 4.57 Å². The smallest absolute Gasteiger partial charge is 0.235 e. The maximum atomic E-state index is 14.5. The van der Waals surface area contributed by atoms with Gasteiger partial charge in [0.2, 0.25) is 5.91 Å². The second kappa shape index (κ2) is 6.78. The zero-order chi connectivity index (χ0) is 19.0. The average Bonchev–Trinajstić information content (AvgIpc) is 3.03. The van der Waals surface area contributed by atoms with Crippen molar-refractivity contribution in [3.05, 3.63) is 65.9 Å². The van der Waals surface area contributed by atoms with Gasteiger partial charge in [-0.15, -0.1) is 0 Å². The summed E-state index contributed by atoms with van der Waals surface area (Å²) in [6, 6.07) is 11.0. The topological polar surface area (TPSA) is 43.3 Å². The number of hydrogen-bond donors (Lipinski definition) is 1. The van der Waals surface area contributed by atoms with E-state index in [0.717, 1.165) is 17.0 Å². The van der Waals surface area contributed by atoms with Crippen LogP contribution in [0.25, 0.3) is 10.9 Å². The molecule has 140 valence electrons. The van der Waals surface area contributed by atoms with Crippen molar-refractivity contribution >= 4 is 22.5 Å². The summed E-state index contributed by atoms with van der Waals surface area (Å²) in [5.41, 5.74) is 0.758. The Bertz CT molecular complexity index is 1010. The number of nitrogens with zero attached hydrogens (tertiary/aromatic N) is 1. The molecule has 0 spiro atoms. The van der Waals surface area contributed by atoms with Crippen LogP contribution in [0.15, 0.2) is 48.7 Å². The lowest BCUT2D eigenvalue weighted by Gasteiger charge is -2.36. The highest BCUT2D eigenvalue weighted by Crippen LogP contribution is 2.38. The van der Waals surface area contributed by atoms with Crippen LogP contribution in [0.4, 0.5) is 14.5 Å². The number of anilines is 1. The molecule has 2 aromatic carbocycles. The van der Waals surface area contributed by atoms with Gasteiger partial charge in [-0.3, -0.25) is 4.79 Å². The van der Waals surface area contributed by atoms with Gasteiger partial charge in [-0.2, -0.15) is 0 Å². The Kier molecular flexibility index (Phi) is 4.44. The Morgan fingerprint density at radius 2 is 1.89 bits per heavy atom. The maximum Gasteiger partial charge on any atom is 0.235 e. The molecule has 0 atom stereocenters. The lowest BCUT2D eigenvalue weighted by molar-refractivity contribution is -0.125. The number of amides is 1. The molecule has 4 rings (SSSR count). The van der Waals surface area contributed by atoms with Gasteiger partial charge < -0.3 is 14.6 Å². The van der Waals surface area contributed by atoms with Crippen LogP contribution in [0.2, 0.25) is 0 Å². The predicted octanol–water partition coefficient (Wildman–Crippen LogP) is 4.14. The van der Waals surface area contributed by atoms with Crippen LogP contribution in [-0.2, 0) is 22.0 Å². The Morgan fingerprint density at radius 1 is 1.11 bits per heavy atom. The Morgan fingerprint density at radius 3 is 2.63 bits per heavy atom. The monoisotopic (exact) mass is 370 g/mol. The van der Waals surface area contributed by atoms with E-state index in [1.54, 1.807) is 0 Å². The molecule has 0 bridgehead atoms. The molecule has 0 saturated carbocycles. The minimum Gasteiger partial charge on any atom is -0.381 e. The van der Waals surface area contributed by atoms with Crippen LogP contribution in [0.1, 0.15) is 18.4 Å². The molecule has 1 saturated heterocycles. The van der Waals surface area contributed by atoms with Crippen molar-refractivity contribution in [1.29, 1.82) is 0 Å². The molecular formula is C21H20F2N2O2. The van der Waals surface area contributed by atoms with Gasteiger partial charge in [0.15, 0.2) is 0 Å². The molecule has 1 amide bonds. The van der Waals surface area contributed by atoms with E-state index in [0.29, 0.717) is 31.7 Å². The molecule has 0 aliphatic carbocycles. The van der Waals surface area contributed by atoms with Crippen molar-refractivity contribution < 1.29 is 18.3 Å². The first-order chi connectivity index (χ1) is 13.0. The Hall–Kier alpha value is -2.73. The lowest BCUT2D eigenvalue weighted by atomic mass is 9.73. The van der Waals surface area contributed by atoms with Gasteiger partial charge in [0.1, 0.15) is 11.6 Å². The van der Waals surface area contributed by atoms with Crippen molar-refractivity contribution in [2.24, 2.45) is 7.05 Å². The van der Waals surface area contributed by atoms with Gasteiger partial charge in [0, 0.05) is 49.3 Å².